The smallest absolute Gasteiger partial charge is 0.244 e. The summed E-state index contributed by atoms with van der Waals surface area (Å²) in [6.45, 7) is 9.96. The van der Waals surface area contributed by atoms with Gasteiger partial charge in [-0.05, 0) is 33.2 Å². The molecule has 1 heterocycles. The van der Waals surface area contributed by atoms with Crippen LogP contribution in [0.25, 0.3) is 0 Å². The van der Waals surface area contributed by atoms with Gasteiger partial charge < -0.3 is 9.73 Å². The van der Waals surface area contributed by atoms with Gasteiger partial charge in [0.2, 0.25) is 10.0 Å². The Bertz CT molecular complexity index is 547. The standard InChI is InChI=1S/C14H26N2O3S/c1-7-13(9(2)3)16-20(17,18)14-11(5)19-10(4)12(14)8-15-6/h9,13,15-16H,7-8H2,1-6H3. The number of rotatable bonds is 7. The summed E-state index contributed by atoms with van der Waals surface area (Å²) in [7, 11) is -1.78. The molecule has 0 aromatic carbocycles. The molecule has 5 nitrogen and oxygen atoms in total. The average molecular weight is 302 g/mol. The summed E-state index contributed by atoms with van der Waals surface area (Å²) in [6, 6.07) is -0.0722. The highest BCUT2D eigenvalue weighted by molar-refractivity contribution is 7.89. The Balaban J connectivity index is 3.21. The third-order valence-corrected chi connectivity index (χ3v) is 5.18. The third kappa shape index (κ3) is 3.62. The van der Waals surface area contributed by atoms with Gasteiger partial charge in [-0.25, -0.2) is 13.1 Å². The molecule has 0 saturated heterocycles. The van der Waals surface area contributed by atoms with Crippen LogP contribution in [0.5, 0.6) is 0 Å². The van der Waals surface area contributed by atoms with E-state index in [0.717, 1.165) is 6.42 Å². The van der Waals surface area contributed by atoms with Gasteiger partial charge in [-0.15, -0.1) is 0 Å². The van der Waals surface area contributed by atoms with Crippen LogP contribution in [0.4, 0.5) is 0 Å². The van der Waals surface area contributed by atoms with Crippen LogP contribution < -0.4 is 10.0 Å². The molecule has 1 aromatic rings. The predicted molar refractivity (Wildman–Crippen MR) is 80.2 cm³/mol. The van der Waals surface area contributed by atoms with E-state index in [2.05, 4.69) is 10.0 Å². The van der Waals surface area contributed by atoms with Crippen molar-refractivity contribution in [3.8, 4) is 0 Å². The molecular weight excluding hydrogens is 276 g/mol. The van der Waals surface area contributed by atoms with Gasteiger partial charge >= 0.3 is 0 Å². The lowest BCUT2D eigenvalue weighted by Gasteiger charge is -2.20. The zero-order valence-corrected chi connectivity index (χ0v) is 14.0. The van der Waals surface area contributed by atoms with Gasteiger partial charge in [0.15, 0.2) is 0 Å². The minimum Gasteiger partial charge on any atom is -0.465 e. The molecule has 2 N–H and O–H groups in total. The molecule has 6 heteroatoms. The maximum absolute atomic E-state index is 12.6. The van der Waals surface area contributed by atoms with Gasteiger partial charge in [0, 0.05) is 18.2 Å². The zero-order valence-electron chi connectivity index (χ0n) is 13.2. The van der Waals surface area contributed by atoms with E-state index in [1.165, 1.54) is 0 Å². The zero-order chi connectivity index (χ0) is 15.5. The molecule has 0 radical (unpaired) electrons. The fourth-order valence-corrected chi connectivity index (χ4v) is 4.31. The van der Waals surface area contributed by atoms with Crippen LogP contribution in [0, 0.1) is 19.8 Å². The Morgan fingerprint density at radius 3 is 2.25 bits per heavy atom. The number of furan rings is 1. The highest BCUT2D eigenvalue weighted by Crippen LogP contribution is 2.27. The maximum atomic E-state index is 12.6. The number of hydrogen-bond donors (Lipinski definition) is 2. The second-order valence-corrected chi connectivity index (χ2v) is 7.08. The summed E-state index contributed by atoms with van der Waals surface area (Å²) in [4.78, 5) is 0.281. The highest BCUT2D eigenvalue weighted by Gasteiger charge is 2.29. The largest absolute Gasteiger partial charge is 0.465 e. The monoisotopic (exact) mass is 302 g/mol. The van der Waals surface area contributed by atoms with Crippen LogP contribution in [0.2, 0.25) is 0 Å². The Hall–Kier alpha value is -0.850. The van der Waals surface area contributed by atoms with Gasteiger partial charge in [0.25, 0.3) is 0 Å². The Kier molecular flexibility index (Phi) is 5.79. The first kappa shape index (κ1) is 17.2. The van der Waals surface area contributed by atoms with Crippen molar-refractivity contribution in [3.63, 3.8) is 0 Å². The van der Waals surface area contributed by atoms with Crippen molar-refractivity contribution < 1.29 is 12.8 Å². The summed E-state index contributed by atoms with van der Waals surface area (Å²) >= 11 is 0. The van der Waals surface area contributed by atoms with Crippen molar-refractivity contribution in [1.82, 2.24) is 10.0 Å². The van der Waals surface area contributed by atoms with Crippen LogP contribution in [0.1, 0.15) is 44.3 Å². The molecule has 1 aromatic heterocycles. The molecule has 1 unspecified atom stereocenters. The van der Waals surface area contributed by atoms with Crippen molar-refractivity contribution in [3.05, 3.63) is 17.1 Å². The first-order valence-corrected chi connectivity index (χ1v) is 8.48. The molecule has 20 heavy (non-hydrogen) atoms. The number of hydrogen-bond acceptors (Lipinski definition) is 4. The SMILES string of the molecule is CCC(NS(=O)(=O)c1c(C)oc(C)c1CNC)C(C)C. The minimum absolute atomic E-state index is 0.0722. The van der Waals surface area contributed by atoms with Crippen LogP contribution in [0.15, 0.2) is 9.31 Å². The van der Waals surface area contributed by atoms with E-state index in [9.17, 15) is 8.42 Å². The van der Waals surface area contributed by atoms with E-state index in [0.29, 0.717) is 23.6 Å². The second-order valence-electron chi connectivity index (χ2n) is 5.43. The summed E-state index contributed by atoms with van der Waals surface area (Å²) < 4.78 is 33.6. The van der Waals surface area contributed by atoms with Crippen LogP contribution in [-0.2, 0) is 16.6 Å². The molecule has 0 bridgehead atoms. The molecule has 0 aliphatic rings. The number of sulfonamides is 1. The molecule has 0 fully saturated rings. The molecule has 0 aliphatic carbocycles. The molecule has 0 amide bonds. The van der Waals surface area contributed by atoms with Crippen molar-refractivity contribution in [2.45, 2.75) is 58.5 Å². The quantitative estimate of drug-likeness (QED) is 0.811. The molecule has 1 rings (SSSR count). The maximum Gasteiger partial charge on any atom is 0.244 e. The summed E-state index contributed by atoms with van der Waals surface area (Å²) in [6.07, 6.45) is 0.758. The lowest BCUT2D eigenvalue weighted by atomic mass is 10.0. The predicted octanol–water partition coefficient (Wildman–Crippen LogP) is 2.33. The van der Waals surface area contributed by atoms with Crippen LogP contribution in [-0.4, -0.2) is 21.5 Å². The minimum atomic E-state index is -3.56. The Morgan fingerprint density at radius 2 is 1.80 bits per heavy atom. The summed E-state index contributed by atoms with van der Waals surface area (Å²) in [5, 5.41) is 2.99. The normalized spacial score (nSPS) is 13.9. The third-order valence-electron chi connectivity index (χ3n) is 3.50. The van der Waals surface area contributed by atoms with Gasteiger partial charge in [0.1, 0.15) is 16.4 Å². The molecule has 0 aliphatic heterocycles. The van der Waals surface area contributed by atoms with Crippen LogP contribution >= 0.6 is 0 Å². The van der Waals surface area contributed by atoms with Gasteiger partial charge in [-0.1, -0.05) is 20.8 Å². The summed E-state index contributed by atoms with van der Waals surface area (Å²) in [5.41, 5.74) is 0.705. The first-order chi connectivity index (χ1) is 9.24. The average Bonchev–Trinajstić information content (AvgIpc) is 2.62. The van der Waals surface area contributed by atoms with Crippen molar-refractivity contribution >= 4 is 10.0 Å². The van der Waals surface area contributed by atoms with Crippen molar-refractivity contribution in [2.24, 2.45) is 5.92 Å². The lowest BCUT2D eigenvalue weighted by molar-refractivity contribution is 0.436. The van der Waals surface area contributed by atoms with E-state index in [4.69, 9.17) is 4.42 Å². The molecule has 116 valence electrons. The molecule has 0 saturated carbocycles. The molecule has 1 atom stereocenters. The summed E-state index contributed by atoms with van der Waals surface area (Å²) in [5.74, 6) is 1.34. The highest BCUT2D eigenvalue weighted by atomic mass is 32.2. The van der Waals surface area contributed by atoms with E-state index in [1.54, 1.807) is 20.9 Å². The van der Waals surface area contributed by atoms with Gasteiger partial charge in [-0.2, -0.15) is 0 Å². The first-order valence-electron chi connectivity index (χ1n) is 7.00. The second kappa shape index (κ2) is 6.74. The Morgan fingerprint density at radius 1 is 1.20 bits per heavy atom. The molecular formula is C14H26N2O3S. The topological polar surface area (TPSA) is 71.3 Å². The lowest BCUT2D eigenvalue weighted by Crippen LogP contribution is -2.38. The molecule has 0 spiro atoms. The Labute approximate surface area is 122 Å². The van der Waals surface area contributed by atoms with E-state index in [1.807, 2.05) is 20.8 Å². The fourth-order valence-electron chi connectivity index (χ4n) is 2.39. The van der Waals surface area contributed by atoms with Crippen LogP contribution in [0.3, 0.4) is 0 Å². The van der Waals surface area contributed by atoms with Crippen molar-refractivity contribution in [2.75, 3.05) is 7.05 Å². The van der Waals surface area contributed by atoms with Crippen molar-refractivity contribution in [1.29, 1.82) is 0 Å². The van der Waals surface area contributed by atoms with E-state index < -0.39 is 10.0 Å². The number of nitrogens with one attached hydrogen (secondary N) is 2. The van der Waals surface area contributed by atoms with Gasteiger partial charge in [0.05, 0.1) is 0 Å². The number of aryl methyl sites for hydroxylation is 2. The fraction of sp³-hybridized carbons (Fsp3) is 0.714. The van der Waals surface area contributed by atoms with Gasteiger partial charge in [-0.3, -0.25) is 0 Å². The van der Waals surface area contributed by atoms with E-state index in [-0.39, 0.29) is 16.9 Å². The van der Waals surface area contributed by atoms with E-state index >= 15 is 0 Å².